The summed E-state index contributed by atoms with van der Waals surface area (Å²) in [5, 5.41) is 0. The van der Waals surface area contributed by atoms with Crippen molar-refractivity contribution >= 4 is 17.0 Å². The maximum atomic E-state index is 12.4. The number of nitrogens with zero attached hydrogens (tertiary/aromatic N) is 2. The lowest BCUT2D eigenvalue weighted by atomic mass is 10.2. The predicted molar refractivity (Wildman–Crippen MR) is 111 cm³/mol. The molecule has 0 spiro atoms. The number of ether oxygens (including phenoxy) is 1. The van der Waals surface area contributed by atoms with Crippen LogP contribution in [0.5, 0.6) is 0 Å². The van der Waals surface area contributed by atoms with Crippen LogP contribution in [0.4, 0.5) is 0 Å². The molecular weight excluding hydrogens is 352 g/mol. The van der Waals surface area contributed by atoms with Crippen LogP contribution in [0.25, 0.3) is 11.0 Å². The summed E-state index contributed by atoms with van der Waals surface area (Å²) in [7, 11) is 0. The molecule has 0 aliphatic rings. The van der Waals surface area contributed by atoms with Crippen molar-refractivity contribution in [1.29, 1.82) is 0 Å². The van der Waals surface area contributed by atoms with E-state index >= 15 is 0 Å². The van der Waals surface area contributed by atoms with Crippen molar-refractivity contribution < 1.29 is 9.53 Å². The van der Waals surface area contributed by atoms with E-state index in [2.05, 4.69) is 4.57 Å². The van der Waals surface area contributed by atoms with Gasteiger partial charge in [-0.15, -0.1) is 0 Å². The van der Waals surface area contributed by atoms with Crippen molar-refractivity contribution in [1.82, 2.24) is 9.55 Å². The summed E-state index contributed by atoms with van der Waals surface area (Å²) in [6.45, 7) is 2.43. The van der Waals surface area contributed by atoms with Crippen molar-refractivity contribution in [2.24, 2.45) is 11.5 Å². The average Bonchev–Trinajstić information content (AvgIpc) is 3.08. The van der Waals surface area contributed by atoms with Crippen molar-refractivity contribution in [3.8, 4) is 0 Å². The molecule has 6 heteroatoms. The van der Waals surface area contributed by atoms with E-state index in [0.717, 1.165) is 54.6 Å². The monoisotopic (exact) mass is 380 g/mol. The average molecular weight is 380 g/mol. The summed E-state index contributed by atoms with van der Waals surface area (Å²) in [6.07, 6.45) is 3.67. The quantitative estimate of drug-likeness (QED) is 0.416. The summed E-state index contributed by atoms with van der Waals surface area (Å²) < 4.78 is 7.66. The second-order valence-electron chi connectivity index (χ2n) is 6.83. The molecule has 3 aromatic rings. The van der Waals surface area contributed by atoms with E-state index < -0.39 is 0 Å². The first kappa shape index (κ1) is 20.0. The number of aryl methyl sites for hydroxylation is 2. The highest BCUT2D eigenvalue weighted by Crippen LogP contribution is 2.21. The number of fused-ring (bicyclic) bond motifs is 1. The summed E-state index contributed by atoms with van der Waals surface area (Å²) in [5.41, 5.74) is 14.6. The molecule has 2 aromatic carbocycles. The second-order valence-corrected chi connectivity index (χ2v) is 6.83. The van der Waals surface area contributed by atoms with Crippen LogP contribution >= 0.6 is 0 Å². The van der Waals surface area contributed by atoms with Gasteiger partial charge in [0.25, 0.3) is 0 Å². The van der Waals surface area contributed by atoms with Gasteiger partial charge in [0.1, 0.15) is 12.4 Å². The Hall–Kier alpha value is -2.70. The first-order valence-corrected chi connectivity index (χ1v) is 9.83. The van der Waals surface area contributed by atoms with Crippen LogP contribution in [0.1, 0.15) is 41.0 Å². The van der Waals surface area contributed by atoms with E-state index in [1.54, 1.807) is 0 Å². The molecule has 0 atom stereocenters. The van der Waals surface area contributed by atoms with E-state index in [0.29, 0.717) is 18.7 Å². The second kappa shape index (κ2) is 10.0. The van der Waals surface area contributed by atoms with Crippen LogP contribution in [0, 0.1) is 0 Å². The van der Waals surface area contributed by atoms with Crippen LogP contribution < -0.4 is 11.5 Å². The molecule has 0 radical (unpaired) electrons. The Morgan fingerprint density at radius 2 is 1.79 bits per heavy atom. The van der Waals surface area contributed by atoms with E-state index in [1.165, 1.54) is 0 Å². The van der Waals surface area contributed by atoms with Gasteiger partial charge in [-0.05, 0) is 56.1 Å². The molecule has 148 valence electrons. The minimum atomic E-state index is -0.341. The zero-order valence-electron chi connectivity index (χ0n) is 16.1. The number of benzene rings is 2. The predicted octanol–water partition coefficient (Wildman–Crippen LogP) is 3.02. The van der Waals surface area contributed by atoms with Gasteiger partial charge >= 0.3 is 5.97 Å². The highest BCUT2D eigenvalue weighted by Gasteiger charge is 2.14. The van der Waals surface area contributed by atoms with Gasteiger partial charge in [0.05, 0.1) is 16.6 Å². The fraction of sp³-hybridized carbons (Fsp3) is 0.364. The minimum Gasteiger partial charge on any atom is -0.457 e. The molecule has 28 heavy (non-hydrogen) atoms. The molecular formula is C22H28N4O2. The number of esters is 1. The Labute approximate surface area is 165 Å². The number of unbranched alkanes of at least 4 members (excludes halogenated alkanes) is 1. The Morgan fingerprint density at radius 1 is 1.00 bits per heavy atom. The highest BCUT2D eigenvalue weighted by molar-refractivity contribution is 5.93. The molecule has 0 aliphatic heterocycles. The zero-order chi connectivity index (χ0) is 19.8. The molecule has 6 nitrogen and oxygen atoms in total. The van der Waals surface area contributed by atoms with E-state index in [1.807, 2.05) is 48.5 Å². The normalized spacial score (nSPS) is 11.1. The van der Waals surface area contributed by atoms with Crippen molar-refractivity contribution in [2.75, 3.05) is 13.1 Å². The first-order chi connectivity index (χ1) is 13.7. The van der Waals surface area contributed by atoms with Gasteiger partial charge in [-0.25, -0.2) is 9.78 Å². The van der Waals surface area contributed by atoms with Crippen molar-refractivity contribution in [2.45, 2.75) is 38.8 Å². The molecule has 0 amide bonds. The summed E-state index contributed by atoms with van der Waals surface area (Å²) in [6, 6.07) is 15.2. The molecule has 3 rings (SSSR count). The molecule has 1 aromatic heterocycles. The summed E-state index contributed by atoms with van der Waals surface area (Å²) in [4.78, 5) is 17.2. The van der Waals surface area contributed by atoms with Crippen LogP contribution in [0.2, 0.25) is 0 Å². The summed E-state index contributed by atoms with van der Waals surface area (Å²) in [5.74, 6) is 0.666. The Bertz CT molecular complexity index is 906. The number of hydrogen-bond donors (Lipinski definition) is 2. The van der Waals surface area contributed by atoms with Crippen molar-refractivity contribution in [3.63, 3.8) is 0 Å². The number of hydrogen-bond acceptors (Lipinski definition) is 5. The lowest BCUT2D eigenvalue weighted by molar-refractivity contribution is 0.0473. The fourth-order valence-electron chi connectivity index (χ4n) is 3.23. The van der Waals surface area contributed by atoms with Crippen LogP contribution in [-0.2, 0) is 24.3 Å². The number of rotatable bonds is 10. The van der Waals surface area contributed by atoms with E-state index in [-0.39, 0.29) is 12.6 Å². The smallest absolute Gasteiger partial charge is 0.338 e. The number of imidazole rings is 1. The number of carbonyl (C=O) groups is 1. The zero-order valence-corrected chi connectivity index (χ0v) is 16.1. The Kier molecular flexibility index (Phi) is 7.17. The summed E-state index contributed by atoms with van der Waals surface area (Å²) >= 11 is 0. The number of carbonyl (C=O) groups excluding carboxylic acids is 1. The highest BCUT2D eigenvalue weighted by atomic mass is 16.5. The molecule has 0 fully saturated rings. The number of nitrogens with two attached hydrogens (primary N) is 2. The topological polar surface area (TPSA) is 96.2 Å². The van der Waals surface area contributed by atoms with Crippen LogP contribution in [0.3, 0.4) is 0 Å². The van der Waals surface area contributed by atoms with Gasteiger partial charge in [-0.1, -0.05) is 30.3 Å². The molecule has 4 N–H and O–H groups in total. The van der Waals surface area contributed by atoms with Crippen LogP contribution in [0.15, 0.2) is 48.5 Å². The van der Waals surface area contributed by atoms with Gasteiger partial charge in [0.2, 0.25) is 0 Å². The third kappa shape index (κ3) is 4.97. The van der Waals surface area contributed by atoms with Gasteiger partial charge in [0, 0.05) is 13.0 Å². The van der Waals surface area contributed by atoms with Crippen LogP contribution in [-0.4, -0.2) is 28.6 Å². The largest absolute Gasteiger partial charge is 0.457 e. The minimum absolute atomic E-state index is 0.257. The fourth-order valence-corrected chi connectivity index (χ4v) is 3.23. The molecule has 0 saturated heterocycles. The molecule has 0 saturated carbocycles. The Morgan fingerprint density at radius 3 is 2.54 bits per heavy atom. The molecule has 0 aliphatic carbocycles. The van der Waals surface area contributed by atoms with Gasteiger partial charge in [-0.2, -0.15) is 0 Å². The maximum Gasteiger partial charge on any atom is 0.338 e. The standard InChI is InChI=1S/C22H28N4O2/c23-12-4-5-14-26-20-11-10-18(15-19(20)25-21(26)9-6-13-24)22(27)28-16-17-7-2-1-3-8-17/h1-3,7-8,10-11,15H,4-6,9,12-14,16,23-24H2. The SMILES string of the molecule is NCCCCn1c(CCCN)nc2cc(C(=O)OCc3ccccc3)ccc21. The number of aromatic nitrogens is 2. The van der Waals surface area contributed by atoms with Gasteiger partial charge < -0.3 is 20.8 Å². The van der Waals surface area contributed by atoms with Crippen molar-refractivity contribution in [3.05, 3.63) is 65.5 Å². The lowest BCUT2D eigenvalue weighted by Crippen LogP contribution is -2.09. The Balaban J connectivity index is 1.78. The van der Waals surface area contributed by atoms with Gasteiger partial charge in [0.15, 0.2) is 0 Å². The molecule has 1 heterocycles. The first-order valence-electron chi connectivity index (χ1n) is 9.83. The van der Waals surface area contributed by atoms with Gasteiger partial charge in [-0.3, -0.25) is 0 Å². The van der Waals surface area contributed by atoms with E-state index in [9.17, 15) is 4.79 Å². The third-order valence-electron chi connectivity index (χ3n) is 4.72. The molecule has 0 bridgehead atoms. The maximum absolute atomic E-state index is 12.4. The van der Waals surface area contributed by atoms with E-state index in [4.69, 9.17) is 21.2 Å². The third-order valence-corrected chi connectivity index (χ3v) is 4.72. The molecule has 0 unspecified atom stereocenters. The lowest BCUT2D eigenvalue weighted by Gasteiger charge is -2.09.